The second-order valence-electron chi connectivity index (χ2n) is 5.47. The van der Waals surface area contributed by atoms with E-state index in [1.807, 2.05) is 4.90 Å². The molecular formula is C15H21NO3. The first kappa shape index (κ1) is 13.7. The minimum atomic E-state index is -0.0867. The average Bonchev–Trinajstić information content (AvgIpc) is 3.19. The Hall–Kier alpha value is -1.71. The summed E-state index contributed by atoms with van der Waals surface area (Å²) in [5.41, 5.74) is 0.355. The van der Waals surface area contributed by atoms with Crippen LogP contribution in [0, 0.1) is 5.92 Å². The van der Waals surface area contributed by atoms with Crippen molar-refractivity contribution in [1.82, 2.24) is 4.90 Å². The van der Waals surface area contributed by atoms with Crippen LogP contribution in [0.4, 0.5) is 0 Å². The molecule has 104 valence electrons. The fraction of sp³-hybridized carbons (Fsp3) is 0.533. The number of carbonyl (C=O) groups excluding carboxylic acids is 1. The van der Waals surface area contributed by atoms with Gasteiger partial charge in [-0.3, -0.25) is 4.79 Å². The number of nitrogens with zero attached hydrogens (tertiary/aromatic N) is 1. The van der Waals surface area contributed by atoms with Gasteiger partial charge < -0.3 is 14.7 Å². The van der Waals surface area contributed by atoms with Gasteiger partial charge in [-0.1, -0.05) is 13.8 Å². The number of hydrogen-bond acceptors (Lipinski definition) is 3. The van der Waals surface area contributed by atoms with Gasteiger partial charge in [0.2, 0.25) is 0 Å². The third-order valence-electron chi connectivity index (χ3n) is 3.25. The Morgan fingerprint density at radius 3 is 2.63 bits per heavy atom. The molecule has 4 nitrogen and oxygen atoms in total. The van der Waals surface area contributed by atoms with E-state index in [1.165, 1.54) is 13.2 Å². The summed E-state index contributed by atoms with van der Waals surface area (Å²) in [5.74, 6) is 0.871. The molecule has 0 saturated heterocycles. The summed E-state index contributed by atoms with van der Waals surface area (Å²) in [6, 6.07) is 5.16. The second kappa shape index (κ2) is 5.51. The van der Waals surface area contributed by atoms with Crippen molar-refractivity contribution in [1.29, 1.82) is 0 Å². The van der Waals surface area contributed by atoms with E-state index in [-0.39, 0.29) is 11.7 Å². The summed E-state index contributed by atoms with van der Waals surface area (Å²) >= 11 is 0. The monoisotopic (exact) mass is 263 g/mol. The highest BCUT2D eigenvalue weighted by Gasteiger charge is 2.34. The second-order valence-corrected chi connectivity index (χ2v) is 5.47. The first-order valence-electron chi connectivity index (χ1n) is 6.71. The van der Waals surface area contributed by atoms with E-state index >= 15 is 0 Å². The lowest BCUT2D eigenvalue weighted by atomic mass is 10.1. The standard InChI is InChI=1S/C15H21NO3/c1-10(2)9-16(11-4-5-11)15(18)13-7-6-12(19-3)8-14(13)17/h6-8,10-11,17H,4-5,9H2,1-3H3. The van der Waals surface area contributed by atoms with Crippen LogP contribution in [-0.2, 0) is 0 Å². The van der Waals surface area contributed by atoms with Gasteiger partial charge in [-0.2, -0.15) is 0 Å². The van der Waals surface area contributed by atoms with E-state index in [2.05, 4.69) is 13.8 Å². The summed E-state index contributed by atoms with van der Waals surface area (Å²) in [6.45, 7) is 4.92. The highest BCUT2D eigenvalue weighted by atomic mass is 16.5. The van der Waals surface area contributed by atoms with E-state index in [9.17, 15) is 9.90 Å². The smallest absolute Gasteiger partial charge is 0.257 e. The number of carbonyl (C=O) groups is 1. The van der Waals surface area contributed by atoms with Crippen molar-refractivity contribution in [2.75, 3.05) is 13.7 Å². The molecule has 4 heteroatoms. The summed E-state index contributed by atoms with van der Waals surface area (Å²) < 4.78 is 5.03. The van der Waals surface area contributed by atoms with Crippen molar-refractivity contribution in [3.05, 3.63) is 23.8 Å². The molecule has 1 saturated carbocycles. The zero-order valence-corrected chi connectivity index (χ0v) is 11.7. The highest BCUT2D eigenvalue weighted by molar-refractivity contribution is 5.97. The zero-order valence-electron chi connectivity index (χ0n) is 11.7. The van der Waals surface area contributed by atoms with Crippen LogP contribution in [0.1, 0.15) is 37.0 Å². The van der Waals surface area contributed by atoms with Crippen molar-refractivity contribution in [3.63, 3.8) is 0 Å². The maximum atomic E-state index is 12.5. The summed E-state index contributed by atoms with van der Waals surface area (Å²) in [5, 5.41) is 9.95. The summed E-state index contributed by atoms with van der Waals surface area (Å²) in [4.78, 5) is 14.4. The number of benzene rings is 1. The molecular weight excluding hydrogens is 242 g/mol. The SMILES string of the molecule is COc1ccc(C(=O)N(CC(C)C)C2CC2)c(O)c1. The third kappa shape index (κ3) is 3.19. The Morgan fingerprint density at radius 1 is 1.47 bits per heavy atom. The largest absolute Gasteiger partial charge is 0.507 e. The number of aromatic hydroxyl groups is 1. The van der Waals surface area contributed by atoms with Crippen molar-refractivity contribution < 1.29 is 14.6 Å². The molecule has 0 unspecified atom stereocenters. The Morgan fingerprint density at radius 2 is 2.16 bits per heavy atom. The average molecular weight is 263 g/mol. The van der Waals surface area contributed by atoms with Gasteiger partial charge in [0.15, 0.2) is 0 Å². The molecule has 1 N–H and O–H groups in total. The Balaban J connectivity index is 2.21. The van der Waals surface area contributed by atoms with Gasteiger partial charge in [-0.15, -0.1) is 0 Å². The van der Waals surface area contributed by atoms with Gasteiger partial charge in [0.25, 0.3) is 5.91 Å². The lowest BCUT2D eigenvalue weighted by Crippen LogP contribution is -2.36. The molecule has 1 aliphatic rings. The van der Waals surface area contributed by atoms with Crippen LogP contribution in [0.15, 0.2) is 18.2 Å². The normalized spacial score (nSPS) is 14.5. The van der Waals surface area contributed by atoms with Crippen LogP contribution in [0.2, 0.25) is 0 Å². The van der Waals surface area contributed by atoms with Crippen molar-refractivity contribution in [3.8, 4) is 11.5 Å². The highest BCUT2D eigenvalue weighted by Crippen LogP contribution is 2.31. The number of hydrogen-bond donors (Lipinski definition) is 1. The molecule has 0 heterocycles. The van der Waals surface area contributed by atoms with Crippen LogP contribution >= 0.6 is 0 Å². The molecule has 1 fully saturated rings. The lowest BCUT2D eigenvalue weighted by Gasteiger charge is -2.25. The molecule has 1 aliphatic carbocycles. The number of rotatable bonds is 5. The molecule has 1 amide bonds. The minimum Gasteiger partial charge on any atom is -0.507 e. The predicted octanol–water partition coefficient (Wildman–Crippen LogP) is 2.66. The molecule has 0 aromatic heterocycles. The first-order valence-corrected chi connectivity index (χ1v) is 6.71. The predicted molar refractivity (Wildman–Crippen MR) is 73.6 cm³/mol. The van der Waals surface area contributed by atoms with Crippen LogP contribution in [0.25, 0.3) is 0 Å². The maximum absolute atomic E-state index is 12.5. The molecule has 0 aliphatic heterocycles. The molecule has 1 aromatic carbocycles. The van der Waals surface area contributed by atoms with Gasteiger partial charge in [0.1, 0.15) is 11.5 Å². The zero-order chi connectivity index (χ0) is 14.0. The Kier molecular flexibility index (Phi) is 3.98. The van der Waals surface area contributed by atoms with Crippen LogP contribution < -0.4 is 4.74 Å². The number of phenols is 1. The quantitative estimate of drug-likeness (QED) is 0.888. The summed E-state index contributed by atoms with van der Waals surface area (Å²) in [6.07, 6.45) is 2.13. The molecule has 0 atom stereocenters. The molecule has 0 bridgehead atoms. The molecule has 19 heavy (non-hydrogen) atoms. The third-order valence-corrected chi connectivity index (χ3v) is 3.25. The van der Waals surface area contributed by atoms with Gasteiger partial charge in [-0.05, 0) is 30.9 Å². The topological polar surface area (TPSA) is 49.8 Å². The summed E-state index contributed by atoms with van der Waals surface area (Å²) in [7, 11) is 1.53. The van der Waals surface area contributed by atoms with E-state index < -0.39 is 0 Å². The molecule has 0 radical (unpaired) electrons. The number of amides is 1. The van der Waals surface area contributed by atoms with Gasteiger partial charge in [-0.25, -0.2) is 0 Å². The number of phenolic OH excluding ortho intramolecular Hbond substituents is 1. The minimum absolute atomic E-state index is 0.0150. The Bertz CT molecular complexity index is 466. The molecule has 2 rings (SSSR count). The van der Waals surface area contributed by atoms with E-state index in [0.29, 0.717) is 23.3 Å². The first-order chi connectivity index (χ1) is 9.02. The van der Waals surface area contributed by atoms with Crippen LogP contribution in [0.3, 0.4) is 0 Å². The number of methoxy groups -OCH3 is 1. The Labute approximate surface area is 114 Å². The lowest BCUT2D eigenvalue weighted by molar-refractivity contribution is 0.0719. The fourth-order valence-corrected chi connectivity index (χ4v) is 2.15. The molecule has 0 spiro atoms. The van der Waals surface area contributed by atoms with Crippen LogP contribution in [-0.4, -0.2) is 35.6 Å². The maximum Gasteiger partial charge on any atom is 0.257 e. The van der Waals surface area contributed by atoms with Gasteiger partial charge in [0.05, 0.1) is 12.7 Å². The van der Waals surface area contributed by atoms with Crippen molar-refractivity contribution in [2.45, 2.75) is 32.7 Å². The molecule has 1 aromatic rings. The van der Waals surface area contributed by atoms with E-state index in [0.717, 1.165) is 19.4 Å². The van der Waals surface area contributed by atoms with E-state index in [1.54, 1.807) is 12.1 Å². The fourth-order valence-electron chi connectivity index (χ4n) is 2.15. The van der Waals surface area contributed by atoms with E-state index in [4.69, 9.17) is 4.74 Å². The van der Waals surface area contributed by atoms with Crippen LogP contribution in [0.5, 0.6) is 11.5 Å². The van der Waals surface area contributed by atoms with Crippen molar-refractivity contribution >= 4 is 5.91 Å². The number of ether oxygens (including phenoxy) is 1. The van der Waals surface area contributed by atoms with Crippen molar-refractivity contribution in [2.24, 2.45) is 5.92 Å². The van der Waals surface area contributed by atoms with Gasteiger partial charge in [0, 0.05) is 18.7 Å². The van der Waals surface area contributed by atoms with Gasteiger partial charge >= 0.3 is 0 Å².